The number of nitrogens with zero attached hydrogens (tertiary/aromatic N) is 2. The SMILES string of the molecule is Nc1nc(=O)n([C@H](OCCO)C(O)CO)c(=O)[nH]1. The number of H-pyrrole nitrogens is 1. The first-order chi connectivity index (χ1) is 8.51. The van der Waals surface area contributed by atoms with Gasteiger partial charge in [0.15, 0.2) is 6.23 Å². The van der Waals surface area contributed by atoms with E-state index >= 15 is 0 Å². The highest BCUT2D eigenvalue weighted by atomic mass is 16.5. The Labute approximate surface area is 100 Å². The van der Waals surface area contributed by atoms with Gasteiger partial charge in [-0.05, 0) is 0 Å². The Morgan fingerprint density at radius 3 is 2.61 bits per heavy atom. The molecule has 0 bridgehead atoms. The molecule has 0 saturated carbocycles. The van der Waals surface area contributed by atoms with Gasteiger partial charge in [-0.3, -0.25) is 4.98 Å². The minimum atomic E-state index is -1.53. The third-order valence-electron chi connectivity index (χ3n) is 2.03. The summed E-state index contributed by atoms with van der Waals surface area (Å²) in [6.45, 7) is -1.37. The zero-order valence-corrected chi connectivity index (χ0v) is 9.31. The largest absolute Gasteiger partial charge is 0.394 e. The van der Waals surface area contributed by atoms with E-state index in [1.54, 1.807) is 0 Å². The van der Waals surface area contributed by atoms with Gasteiger partial charge in [0.25, 0.3) is 0 Å². The first-order valence-electron chi connectivity index (χ1n) is 5.01. The van der Waals surface area contributed by atoms with Crippen molar-refractivity contribution in [2.24, 2.45) is 0 Å². The van der Waals surface area contributed by atoms with E-state index in [0.717, 1.165) is 0 Å². The Morgan fingerprint density at radius 2 is 2.11 bits per heavy atom. The summed E-state index contributed by atoms with van der Waals surface area (Å²) >= 11 is 0. The Morgan fingerprint density at radius 1 is 1.44 bits per heavy atom. The first kappa shape index (κ1) is 14.3. The molecule has 6 N–H and O–H groups in total. The highest BCUT2D eigenvalue weighted by Gasteiger charge is 2.25. The van der Waals surface area contributed by atoms with Gasteiger partial charge in [0.1, 0.15) is 6.10 Å². The zero-order valence-electron chi connectivity index (χ0n) is 9.31. The van der Waals surface area contributed by atoms with Gasteiger partial charge in [0.05, 0.1) is 19.8 Å². The summed E-state index contributed by atoms with van der Waals surface area (Å²) in [6, 6.07) is 0. The lowest BCUT2D eigenvalue weighted by molar-refractivity contribution is -0.108. The van der Waals surface area contributed by atoms with Crippen LogP contribution in [0.5, 0.6) is 0 Å². The molecule has 1 aromatic rings. The summed E-state index contributed by atoms with van der Waals surface area (Å²) < 4.78 is 5.40. The predicted molar refractivity (Wildman–Crippen MR) is 58.7 cm³/mol. The van der Waals surface area contributed by atoms with E-state index in [1.165, 1.54) is 0 Å². The van der Waals surface area contributed by atoms with Crippen LogP contribution in [0.2, 0.25) is 0 Å². The molecule has 2 atom stereocenters. The number of anilines is 1. The Bertz CT molecular complexity index is 466. The molecule has 1 aromatic heterocycles. The number of aliphatic hydroxyl groups is 3. The third-order valence-corrected chi connectivity index (χ3v) is 2.03. The van der Waals surface area contributed by atoms with Crippen molar-refractivity contribution >= 4 is 5.95 Å². The van der Waals surface area contributed by atoms with Gasteiger partial charge >= 0.3 is 11.4 Å². The zero-order chi connectivity index (χ0) is 13.7. The summed E-state index contributed by atoms with van der Waals surface area (Å²) in [7, 11) is 0. The molecular weight excluding hydrogens is 248 g/mol. The molecule has 0 aromatic carbocycles. The maximum Gasteiger partial charge on any atom is 0.357 e. The van der Waals surface area contributed by atoms with E-state index in [9.17, 15) is 14.7 Å². The van der Waals surface area contributed by atoms with Gasteiger partial charge in [-0.25, -0.2) is 14.2 Å². The molecule has 18 heavy (non-hydrogen) atoms. The van der Waals surface area contributed by atoms with Gasteiger partial charge in [-0.2, -0.15) is 4.98 Å². The standard InChI is InChI=1S/C8H14N4O6/c9-6-10-7(16)12(8(17)11-6)5(4(15)3-14)18-2-1-13/h4-5,13-15H,1-3H2,(H3,9,10,11,16,17)/t4?,5-/m1/s1. The molecule has 1 rings (SSSR count). The maximum atomic E-state index is 11.5. The number of aliphatic hydroxyl groups excluding tert-OH is 3. The molecule has 0 aliphatic heterocycles. The highest BCUT2D eigenvalue weighted by molar-refractivity contribution is 5.10. The summed E-state index contributed by atoms with van der Waals surface area (Å²) in [6.07, 6.45) is -2.99. The molecule has 0 aliphatic rings. The van der Waals surface area contributed by atoms with E-state index in [-0.39, 0.29) is 19.2 Å². The number of aromatic nitrogens is 3. The fourth-order valence-corrected chi connectivity index (χ4v) is 1.29. The molecule has 1 unspecified atom stereocenters. The van der Waals surface area contributed by atoms with E-state index in [1.807, 2.05) is 0 Å². The first-order valence-corrected chi connectivity index (χ1v) is 5.01. The molecule has 102 valence electrons. The van der Waals surface area contributed by atoms with Crippen LogP contribution in [0.4, 0.5) is 5.95 Å². The normalized spacial score (nSPS) is 14.4. The second kappa shape index (κ2) is 6.26. The molecule has 0 spiro atoms. The minimum absolute atomic E-state index is 0.238. The maximum absolute atomic E-state index is 11.5. The van der Waals surface area contributed by atoms with Crippen LogP contribution in [0.25, 0.3) is 0 Å². The van der Waals surface area contributed by atoms with E-state index in [2.05, 4.69) is 9.97 Å². The van der Waals surface area contributed by atoms with Crippen molar-refractivity contribution in [1.82, 2.24) is 14.5 Å². The number of nitrogens with two attached hydrogens (primary N) is 1. The van der Waals surface area contributed by atoms with Crippen LogP contribution in [0.15, 0.2) is 9.59 Å². The fourth-order valence-electron chi connectivity index (χ4n) is 1.29. The van der Waals surface area contributed by atoms with Crippen molar-refractivity contribution in [3.63, 3.8) is 0 Å². The minimum Gasteiger partial charge on any atom is -0.394 e. The molecule has 0 fully saturated rings. The molecule has 0 amide bonds. The number of hydrogen-bond donors (Lipinski definition) is 5. The molecule has 10 heteroatoms. The quantitative estimate of drug-likeness (QED) is 0.350. The summed E-state index contributed by atoms with van der Waals surface area (Å²) in [5.74, 6) is -0.374. The average Bonchev–Trinajstić information content (AvgIpc) is 2.31. The molecule has 0 aliphatic carbocycles. The smallest absolute Gasteiger partial charge is 0.357 e. The van der Waals surface area contributed by atoms with Gasteiger partial charge in [0.2, 0.25) is 5.95 Å². The summed E-state index contributed by atoms with van der Waals surface area (Å²) in [5, 5.41) is 26.9. The second-order valence-corrected chi connectivity index (χ2v) is 3.31. The van der Waals surface area contributed by atoms with Crippen LogP contribution in [0.1, 0.15) is 6.23 Å². The molecular formula is C8H14N4O6. The lowest BCUT2D eigenvalue weighted by Gasteiger charge is -2.22. The fraction of sp³-hybridized carbons (Fsp3) is 0.625. The molecule has 10 nitrogen and oxygen atoms in total. The lowest BCUT2D eigenvalue weighted by Crippen LogP contribution is -2.46. The van der Waals surface area contributed by atoms with Crippen molar-refractivity contribution in [3.05, 3.63) is 21.0 Å². The molecule has 0 radical (unpaired) electrons. The number of ether oxygens (including phenoxy) is 1. The number of hydrogen-bond acceptors (Lipinski definition) is 8. The van der Waals surface area contributed by atoms with Crippen LogP contribution in [0, 0.1) is 0 Å². The van der Waals surface area contributed by atoms with E-state index in [0.29, 0.717) is 4.57 Å². The number of rotatable bonds is 6. The van der Waals surface area contributed by atoms with E-state index < -0.39 is 30.3 Å². The third kappa shape index (κ3) is 3.13. The van der Waals surface area contributed by atoms with Crippen molar-refractivity contribution in [1.29, 1.82) is 0 Å². The van der Waals surface area contributed by atoms with Gasteiger partial charge in [0, 0.05) is 0 Å². The number of nitrogens with one attached hydrogen (secondary N) is 1. The number of nitrogen functional groups attached to an aromatic ring is 1. The van der Waals surface area contributed by atoms with Gasteiger partial charge in [-0.15, -0.1) is 0 Å². The number of aromatic amines is 1. The van der Waals surface area contributed by atoms with Crippen LogP contribution >= 0.6 is 0 Å². The van der Waals surface area contributed by atoms with Gasteiger partial charge in [-0.1, -0.05) is 0 Å². The molecule has 0 saturated heterocycles. The van der Waals surface area contributed by atoms with Gasteiger partial charge < -0.3 is 25.8 Å². The topological polar surface area (TPSA) is 164 Å². The van der Waals surface area contributed by atoms with Crippen molar-refractivity contribution in [3.8, 4) is 0 Å². The second-order valence-electron chi connectivity index (χ2n) is 3.31. The Kier molecular flexibility index (Phi) is 4.97. The molecule has 1 heterocycles. The Balaban J connectivity index is 3.20. The monoisotopic (exact) mass is 262 g/mol. The summed E-state index contributed by atoms with van der Waals surface area (Å²) in [5.41, 5.74) is 3.19. The van der Waals surface area contributed by atoms with Crippen LogP contribution in [-0.2, 0) is 4.74 Å². The van der Waals surface area contributed by atoms with Crippen molar-refractivity contribution in [2.45, 2.75) is 12.3 Å². The van der Waals surface area contributed by atoms with Crippen molar-refractivity contribution < 1.29 is 20.1 Å². The highest BCUT2D eigenvalue weighted by Crippen LogP contribution is 2.08. The van der Waals surface area contributed by atoms with Crippen LogP contribution < -0.4 is 17.1 Å². The van der Waals surface area contributed by atoms with Crippen LogP contribution in [0.3, 0.4) is 0 Å². The Hall–Kier alpha value is -1.75. The van der Waals surface area contributed by atoms with Crippen LogP contribution in [-0.4, -0.2) is 55.8 Å². The lowest BCUT2D eigenvalue weighted by atomic mass is 10.3. The average molecular weight is 262 g/mol. The van der Waals surface area contributed by atoms with E-state index in [4.69, 9.17) is 20.7 Å². The van der Waals surface area contributed by atoms with Crippen molar-refractivity contribution in [2.75, 3.05) is 25.6 Å². The summed E-state index contributed by atoms with van der Waals surface area (Å²) in [4.78, 5) is 28.4. The predicted octanol–water partition coefficient (Wildman–Crippen LogP) is -3.63.